The Morgan fingerprint density at radius 3 is 2.24 bits per heavy atom. The maximum absolute atomic E-state index is 13.1. The molecule has 0 aliphatic carbocycles. The van der Waals surface area contributed by atoms with E-state index in [2.05, 4.69) is 0 Å². The van der Waals surface area contributed by atoms with E-state index < -0.39 is 26.7 Å². The first kappa shape index (κ1) is 18.4. The Morgan fingerprint density at radius 2 is 1.76 bits per heavy atom. The van der Waals surface area contributed by atoms with Crippen molar-refractivity contribution in [3.05, 3.63) is 63.7 Å². The van der Waals surface area contributed by atoms with Crippen molar-refractivity contribution < 1.29 is 13.3 Å². The van der Waals surface area contributed by atoms with E-state index in [1.807, 2.05) is 13.0 Å². The molecule has 0 aliphatic rings. The third-order valence-electron chi connectivity index (χ3n) is 3.59. The number of aryl methyl sites for hydroxylation is 1. The highest BCUT2D eigenvalue weighted by atomic mass is 32.2. The highest BCUT2D eigenvalue weighted by molar-refractivity contribution is 7.92. The Hall–Kier alpha value is -2.92. The smallest absolute Gasteiger partial charge is 0.258 e. The first-order chi connectivity index (χ1) is 11.7. The molecular formula is C17H17N3O4S. The van der Waals surface area contributed by atoms with E-state index in [1.54, 1.807) is 26.0 Å². The number of hydrogen-bond donors (Lipinski definition) is 0. The molecule has 8 heteroatoms. The zero-order valence-corrected chi connectivity index (χ0v) is 14.8. The number of anilines is 1. The molecular weight excluding hydrogens is 342 g/mol. The quantitative estimate of drug-likeness (QED) is 0.601. The summed E-state index contributed by atoms with van der Waals surface area (Å²) in [5, 5.41) is 20.3. The molecule has 7 nitrogen and oxygen atoms in total. The van der Waals surface area contributed by atoms with Crippen LogP contribution < -0.4 is 4.31 Å². The molecule has 0 aromatic heterocycles. The van der Waals surface area contributed by atoms with Crippen LogP contribution in [0, 0.1) is 28.4 Å². The lowest BCUT2D eigenvalue weighted by atomic mass is 10.2. The molecule has 0 amide bonds. The average molecular weight is 359 g/mol. The second-order valence-electron chi connectivity index (χ2n) is 5.78. The van der Waals surface area contributed by atoms with Crippen molar-refractivity contribution in [2.24, 2.45) is 0 Å². The zero-order chi connectivity index (χ0) is 18.8. The van der Waals surface area contributed by atoms with Crippen LogP contribution in [0.25, 0.3) is 0 Å². The van der Waals surface area contributed by atoms with E-state index in [-0.39, 0.29) is 16.1 Å². The summed E-state index contributed by atoms with van der Waals surface area (Å²) in [4.78, 5) is 10.8. The molecule has 0 N–H and O–H groups in total. The monoisotopic (exact) mass is 359 g/mol. The van der Waals surface area contributed by atoms with Crippen molar-refractivity contribution >= 4 is 21.4 Å². The lowest BCUT2D eigenvalue weighted by molar-refractivity contribution is -0.384. The molecule has 0 saturated heterocycles. The maximum atomic E-state index is 13.1. The minimum absolute atomic E-state index is 0.0467. The van der Waals surface area contributed by atoms with Crippen molar-refractivity contribution in [1.29, 1.82) is 5.26 Å². The van der Waals surface area contributed by atoms with Gasteiger partial charge in [-0.3, -0.25) is 14.4 Å². The summed E-state index contributed by atoms with van der Waals surface area (Å²) in [5.41, 5.74) is 0.495. The summed E-state index contributed by atoms with van der Waals surface area (Å²) in [5.74, 6) is 0. The molecule has 0 saturated carbocycles. The Balaban J connectivity index is 2.69. The normalized spacial score (nSPS) is 11.2. The predicted molar refractivity (Wildman–Crippen MR) is 93.8 cm³/mol. The van der Waals surface area contributed by atoms with E-state index in [0.717, 1.165) is 15.9 Å². The van der Waals surface area contributed by atoms with Crippen LogP contribution in [-0.2, 0) is 10.0 Å². The fourth-order valence-electron chi connectivity index (χ4n) is 2.43. The van der Waals surface area contributed by atoms with Gasteiger partial charge in [0.1, 0.15) is 5.69 Å². The fourth-order valence-corrected chi connectivity index (χ4v) is 4.11. The largest absolute Gasteiger partial charge is 0.294 e. The van der Waals surface area contributed by atoms with Crippen LogP contribution in [0.1, 0.15) is 25.0 Å². The van der Waals surface area contributed by atoms with Crippen LogP contribution in [0.4, 0.5) is 11.4 Å². The molecule has 130 valence electrons. The van der Waals surface area contributed by atoms with E-state index in [9.17, 15) is 18.5 Å². The molecule has 0 aliphatic heterocycles. The minimum Gasteiger partial charge on any atom is -0.258 e. The Kier molecular flexibility index (Phi) is 5.09. The van der Waals surface area contributed by atoms with Crippen LogP contribution in [0.5, 0.6) is 0 Å². The van der Waals surface area contributed by atoms with E-state index >= 15 is 0 Å². The molecule has 0 spiro atoms. The zero-order valence-electron chi connectivity index (χ0n) is 14.0. The number of benzene rings is 2. The van der Waals surface area contributed by atoms with Crippen molar-refractivity contribution in [3.8, 4) is 6.07 Å². The molecule has 0 radical (unpaired) electrons. The molecule has 0 unspecified atom stereocenters. The summed E-state index contributed by atoms with van der Waals surface area (Å²) < 4.78 is 27.1. The Bertz CT molecular complexity index is 945. The van der Waals surface area contributed by atoms with Crippen molar-refractivity contribution in [3.63, 3.8) is 0 Å². The SMILES string of the molecule is Cc1ccc(S(=O)(=O)N(c2ccc(C#N)cc2[N+](=O)[O-])C(C)C)cc1. The second-order valence-corrected chi connectivity index (χ2v) is 7.59. The highest BCUT2D eigenvalue weighted by Gasteiger charge is 2.32. The van der Waals surface area contributed by atoms with Crippen molar-refractivity contribution in [2.75, 3.05) is 4.31 Å². The summed E-state index contributed by atoms with van der Waals surface area (Å²) in [6.07, 6.45) is 0. The second kappa shape index (κ2) is 6.91. The third kappa shape index (κ3) is 3.61. The standard InChI is InChI=1S/C17H17N3O4S/c1-12(2)19(25(23,24)15-7-4-13(3)5-8-15)16-9-6-14(11-18)10-17(16)20(21)22/h4-10,12H,1-3H3. The van der Waals surface area contributed by atoms with Gasteiger partial charge in [-0.05, 0) is 45.0 Å². The van der Waals surface area contributed by atoms with Crippen molar-refractivity contribution in [1.82, 2.24) is 0 Å². The van der Waals surface area contributed by atoms with E-state index in [0.29, 0.717) is 0 Å². The van der Waals surface area contributed by atoms with Gasteiger partial charge in [-0.2, -0.15) is 5.26 Å². The number of hydrogen-bond acceptors (Lipinski definition) is 5. The van der Waals surface area contributed by atoms with Crippen LogP contribution in [-0.4, -0.2) is 19.4 Å². The lowest BCUT2D eigenvalue weighted by Crippen LogP contribution is -2.37. The fraction of sp³-hybridized carbons (Fsp3) is 0.235. The summed E-state index contributed by atoms with van der Waals surface area (Å²) in [6, 6.07) is 11.3. The summed E-state index contributed by atoms with van der Waals surface area (Å²) in [6.45, 7) is 5.10. The topological polar surface area (TPSA) is 104 Å². The summed E-state index contributed by atoms with van der Waals surface area (Å²) in [7, 11) is -4.00. The Labute approximate surface area is 146 Å². The number of nitriles is 1. The number of nitro benzene ring substituents is 1. The van der Waals surface area contributed by atoms with Gasteiger partial charge < -0.3 is 0 Å². The van der Waals surface area contributed by atoms with Gasteiger partial charge >= 0.3 is 0 Å². The molecule has 2 aromatic carbocycles. The lowest BCUT2D eigenvalue weighted by Gasteiger charge is -2.28. The molecule has 25 heavy (non-hydrogen) atoms. The van der Waals surface area contributed by atoms with Crippen molar-refractivity contribution in [2.45, 2.75) is 31.7 Å². The maximum Gasteiger partial charge on any atom is 0.294 e. The predicted octanol–water partition coefficient (Wildman–Crippen LogP) is 3.38. The molecule has 2 aromatic rings. The third-order valence-corrected chi connectivity index (χ3v) is 5.59. The number of sulfonamides is 1. The van der Waals surface area contributed by atoms with E-state index in [4.69, 9.17) is 5.26 Å². The molecule has 0 heterocycles. The van der Waals surface area contributed by atoms with Gasteiger partial charge in [0.05, 0.1) is 21.5 Å². The first-order valence-electron chi connectivity index (χ1n) is 7.48. The number of rotatable bonds is 5. The molecule has 0 atom stereocenters. The molecule has 2 rings (SSSR count). The van der Waals surface area contributed by atoms with Crippen LogP contribution >= 0.6 is 0 Å². The van der Waals surface area contributed by atoms with Gasteiger partial charge in [0.15, 0.2) is 0 Å². The number of nitro groups is 1. The van der Waals surface area contributed by atoms with Gasteiger partial charge in [-0.15, -0.1) is 0 Å². The summed E-state index contributed by atoms with van der Waals surface area (Å²) >= 11 is 0. The van der Waals surface area contributed by atoms with Gasteiger partial charge in [-0.25, -0.2) is 8.42 Å². The van der Waals surface area contributed by atoms with Crippen LogP contribution in [0.15, 0.2) is 47.4 Å². The van der Waals surface area contributed by atoms with Gasteiger partial charge in [0, 0.05) is 12.1 Å². The average Bonchev–Trinajstić information content (AvgIpc) is 2.54. The van der Waals surface area contributed by atoms with Gasteiger partial charge in [-0.1, -0.05) is 17.7 Å². The molecule has 0 bridgehead atoms. The highest BCUT2D eigenvalue weighted by Crippen LogP contribution is 2.34. The first-order valence-corrected chi connectivity index (χ1v) is 8.92. The van der Waals surface area contributed by atoms with Crippen LogP contribution in [0.3, 0.4) is 0 Å². The van der Waals surface area contributed by atoms with E-state index in [1.165, 1.54) is 24.3 Å². The number of nitrogens with zero attached hydrogens (tertiary/aromatic N) is 3. The van der Waals surface area contributed by atoms with Gasteiger partial charge in [0.2, 0.25) is 0 Å². The Morgan fingerprint density at radius 1 is 1.16 bits per heavy atom. The minimum atomic E-state index is -4.00. The van der Waals surface area contributed by atoms with Crippen LogP contribution in [0.2, 0.25) is 0 Å². The molecule has 0 fully saturated rings. The van der Waals surface area contributed by atoms with Gasteiger partial charge in [0.25, 0.3) is 15.7 Å².